The molecule has 1 unspecified atom stereocenters. The van der Waals surface area contributed by atoms with Gasteiger partial charge in [-0.05, 0) is 36.6 Å². The molecule has 172 valence electrons. The van der Waals surface area contributed by atoms with Crippen LogP contribution < -0.4 is 10.6 Å². The van der Waals surface area contributed by atoms with Crippen molar-refractivity contribution in [1.29, 1.82) is 0 Å². The lowest BCUT2D eigenvalue weighted by Crippen LogP contribution is -2.39. The lowest BCUT2D eigenvalue weighted by atomic mass is 9.89. The summed E-state index contributed by atoms with van der Waals surface area (Å²) in [6, 6.07) is 7.42. The van der Waals surface area contributed by atoms with Crippen molar-refractivity contribution in [3.05, 3.63) is 46.9 Å². The van der Waals surface area contributed by atoms with Gasteiger partial charge >= 0.3 is 12.1 Å². The molecule has 10 heteroatoms. The van der Waals surface area contributed by atoms with Crippen LogP contribution >= 0.6 is 0 Å². The second kappa shape index (κ2) is 8.61. The predicted octanol–water partition coefficient (Wildman–Crippen LogP) is 3.49. The van der Waals surface area contributed by atoms with Crippen molar-refractivity contribution in [3.8, 4) is 0 Å². The van der Waals surface area contributed by atoms with Gasteiger partial charge < -0.3 is 9.26 Å². The fourth-order valence-corrected chi connectivity index (χ4v) is 3.61. The number of amides is 3. The van der Waals surface area contributed by atoms with Gasteiger partial charge in [0.05, 0.1) is 11.4 Å². The Morgan fingerprint density at radius 2 is 2.03 bits per heavy atom. The van der Waals surface area contributed by atoms with Crippen molar-refractivity contribution in [2.24, 2.45) is 0 Å². The Hall–Kier alpha value is -3.82. The number of nitrogens with zero attached hydrogens (tertiary/aromatic N) is 3. The van der Waals surface area contributed by atoms with Crippen LogP contribution in [0.15, 0.2) is 28.8 Å². The normalized spacial score (nSPS) is 16.5. The van der Waals surface area contributed by atoms with Crippen LogP contribution in [-0.4, -0.2) is 33.0 Å². The standard InChI is InChI=1S/C23H25N5O5/c1-12-16(15-7-8-18(29)25-19(15)30)10-14-6-5-13(9-17(14)24-12)11-32-22(31)27-21-26-20(28-33-21)23(2,3)4/h5-6,9-10,15H,7-8,11H2,1-4H3,(H,25,29,30)(H,26,27,28,31). The second-order valence-corrected chi connectivity index (χ2v) is 9.07. The molecule has 0 bridgehead atoms. The molecule has 0 radical (unpaired) electrons. The van der Waals surface area contributed by atoms with Gasteiger partial charge in [-0.3, -0.25) is 19.9 Å². The molecule has 33 heavy (non-hydrogen) atoms. The van der Waals surface area contributed by atoms with E-state index in [0.717, 1.165) is 27.7 Å². The minimum absolute atomic E-state index is 0.0255. The first-order valence-corrected chi connectivity index (χ1v) is 10.6. The van der Waals surface area contributed by atoms with Gasteiger partial charge in [0.2, 0.25) is 11.8 Å². The van der Waals surface area contributed by atoms with Gasteiger partial charge in [0.25, 0.3) is 0 Å². The molecule has 1 saturated heterocycles. The highest BCUT2D eigenvalue weighted by Crippen LogP contribution is 2.29. The van der Waals surface area contributed by atoms with Gasteiger partial charge in [-0.25, -0.2) is 10.1 Å². The summed E-state index contributed by atoms with van der Waals surface area (Å²) in [6.45, 7) is 7.67. The number of hydrogen-bond acceptors (Lipinski definition) is 8. The number of piperidine rings is 1. The molecule has 1 aliphatic heterocycles. The largest absolute Gasteiger partial charge is 0.444 e. The number of nitrogens with one attached hydrogen (secondary N) is 2. The van der Waals surface area contributed by atoms with E-state index in [1.807, 2.05) is 52.0 Å². The first-order valence-electron chi connectivity index (χ1n) is 10.6. The van der Waals surface area contributed by atoms with Crippen LogP contribution in [-0.2, 0) is 26.3 Å². The number of aryl methyl sites for hydroxylation is 1. The van der Waals surface area contributed by atoms with Crippen molar-refractivity contribution < 1.29 is 23.6 Å². The Morgan fingerprint density at radius 3 is 2.73 bits per heavy atom. The van der Waals surface area contributed by atoms with Crippen LogP contribution in [0.2, 0.25) is 0 Å². The maximum atomic E-state index is 12.2. The van der Waals surface area contributed by atoms with E-state index in [2.05, 4.69) is 25.8 Å². The lowest BCUT2D eigenvalue weighted by Gasteiger charge is -2.22. The maximum Gasteiger partial charge on any atom is 0.415 e. The summed E-state index contributed by atoms with van der Waals surface area (Å²) < 4.78 is 10.3. The summed E-state index contributed by atoms with van der Waals surface area (Å²) in [5.74, 6) is -0.451. The van der Waals surface area contributed by atoms with Crippen LogP contribution in [0.5, 0.6) is 0 Å². The van der Waals surface area contributed by atoms with Crippen LogP contribution in [0.4, 0.5) is 10.8 Å². The summed E-state index contributed by atoms with van der Waals surface area (Å²) in [5.41, 5.74) is 2.70. The molecule has 1 aliphatic rings. The highest BCUT2D eigenvalue weighted by Gasteiger charge is 2.29. The van der Waals surface area contributed by atoms with Gasteiger partial charge in [-0.15, -0.1) is 0 Å². The SMILES string of the molecule is Cc1nc2cc(COC(=O)Nc3nc(C(C)(C)C)no3)ccc2cc1C1CCC(=O)NC1=O. The van der Waals surface area contributed by atoms with Crippen LogP contribution in [0.25, 0.3) is 10.9 Å². The van der Waals surface area contributed by atoms with Crippen molar-refractivity contribution >= 4 is 34.8 Å². The summed E-state index contributed by atoms with van der Waals surface area (Å²) >= 11 is 0. The lowest BCUT2D eigenvalue weighted by molar-refractivity contribution is -0.134. The molecule has 3 aromatic rings. The van der Waals surface area contributed by atoms with E-state index in [1.54, 1.807) is 0 Å². The van der Waals surface area contributed by atoms with E-state index >= 15 is 0 Å². The number of carbonyl (C=O) groups excluding carboxylic acids is 3. The minimum atomic E-state index is -0.712. The minimum Gasteiger partial charge on any atom is -0.444 e. The zero-order valence-electron chi connectivity index (χ0n) is 18.9. The van der Waals surface area contributed by atoms with Crippen LogP contribution in [0, 0.1) is 6.92 Å². The molecule has 0 saturated carbocycles. The summed E-state index contributed by atoms with van der Waals surface area (Å²) in [6.07, 6.45) is 0.0706. The molecule has 1 fully saturated rings. The first kappa shape index (κ1) is 22.4. The number of anilines is 1. The van der Waals surface area contributed by atoms with Gasteiger partial charge in [0.15, 0.2) is 5.82 Å². The van der Waals surface area contributed by atoms with Gasteiger partial charge in [-0.1, -0.05) is 38.1 Å². The molecule has 3 amide bonds. The van der Waals surface area contributed by atoms with Crippen molar-refractivity contribution in [2.75, 3.05) is 5.32 Å². The number of pyridine rings is 1. The molecule has 0 spiro atoms. The zero-order valence-corrected chi connectivity index (χ0v) is 18.9. The Morgan fingerprint density at radius 1 is 1.24 bits per heavy atom. The number of hydrogen-bond donors (Lipinski definition) is 2. The summed E-state index contributed by atoms with van der Waals surface area (Å²) in [5, 5.41) is 9.51. The number of benzene rings is 1. The number of carbonyl (C=O) groups is 3. The average molecular weight is 451 g/mol. The molecule has 1 atom stereocenters. The molecule has 0 aliphatic carbocycles. The quantitative estimate of drug-likeness (QED) is 0.575. The van der Waals surface area contributed by atoms with Crippen LogP contribution in [0.3, 0.4) is 0 Å². The fraction of sp³-hybridized carbons (Fsp3) is 0.391. The van der Waals surface area contributed by atoms with E-state index in [0.29, 0.717) is 18.7 Å². The number of imide groups is 1. The molecule has 1 aromatic carbocycles. The smallest absolute Gasteiger partial charge is 0.415 e. The van der Waals surface area contributed by atoms with Gasteiger partial charge in [-0.2, -0.15) is 4.98 Å². The van der Waals surface area contributed by atoms with E-state index in [9.17, 15) is 14.4 Å². The molecule has 10 nitrogen and oxygen atoms in total. The third kappa shape index (κ3) is 5.00. The predicted molar refractivity (Wildman–Crippen MR) is 118 cm³/mol. The van der Waals surface area contributed by atoms with Crippen molar-refractivity contribution in [2.45, 2.75) is 58.5 Å². The monoisotopic (exact) mass is 451 g/mol. The molecule has 2 N–H and O–H groups in total. The molecule has 3 heterocycles. The average Bonchev–Trinajstić information content (AvgIpc) is 3.21. The number of ether oxygens (including phenoxy) is 1. The van der Waals surface area contributed by atoms with Crippen LogP contribution in [0.1, 0.15) is 62.2 Å². The molecular weight excluding hydrogens is 426 g/mol. The number of rotatable bonds is 4. The third-order valence-electron chi connectivity index (χ3n) is 5.40. The Bertz CT molecular complexity index is 1240. The molecule has 4 rings (SSSR count). The highest BCUT2D eigenvalue weighted by molar-refractivity contribution is 6.01. The van der Waals surface area contributed by atoms with E-state index < -0.39 is 12.0 Å². The Balaban J connectivity index is 1.43. The van der Waals surface area contributed by atoms with E-state index in [1.165, 1.54) is 0 Å². The van der Waals surface area contributed by atoms with E-state index in [4.69, 9.17) is 9.26 Å². The molecular formula is C23H25N5O5. The Kier molecular flexibility index (Phi) is 5.84. The van der Waals surface area contributed by atoms with Crippen molar-refractivity contribution in [1.82, 2.24) is 20.4 Å². The van der Waals surface area contributed by atoms with Gasteiger partial charge in [0.1, 0.15) is 6.61 Å². The second-order valence-electron chi connectivity index (χ2n) is 9.07. The van der Waals surface area contributed by atoms with Crippen molar-refractivity contribution in [3.63, 3.8) is 0 Å². The fourth-order valence-electron chi connectivity index (χ4n) is 3.61. The van der Waals surface area contributed by atoms with E-state index in [-0.39, 0.29) is 29.9 Å². The third-order valence-corrected chi connectivity index (χ3v) is 5.40. The number of aromatic nitrogens is 3. The first-order chi connectivity index (χ1) is 15.6. The Labute approximate surface area is 190 Å². The highest BCUT2D eigenvalue weighted by atomic mass is 16.6. The summed E-state index contributed by atoms with van der Waals surface area (Å²) in [7, 11) is 0. The summed E-state index contributed by atoms with van der Waals surface area (Å²) in [4.78, 5) is 44.6. The maximum absolute atomic E-state index is 12.2. The number of fused-ring (bicyclic) bond motifs is 1. The van der Waals surface area contributed by atoms with Gasteiger partial charge in [0, 0.05) is 22.9 Å². The molecule has 2 aromatic heterocycles. The zero-order chi connectivity index (χ0) is 23.8. The topological polar surface area (TPSA) is 136 Å².